The van der Waals surface area contributed by atoms with Gasteiger partial charge in [0.25, 0.3) is 0 Å². The van der Waals surface area contributed by atoms with Gasteiger partial charge in [0, 0.05) is 5.92 Å². The number of oxime groups is 1. The van der Waals surface area contributed by atoms with Crippen molar-refractivity contribution in [3.05, 3.63) is 0 Å². The average Bonchev–Trinajstić information content (AvgIpc) is 2.30. The molecule has 0 amide bonds. The highest BCUT2D eigenvalue weighted by Gasteiger charge is 2.29. The van der Waals surface area contributed by atoms with Crippen LogP contribution in [0.25, 0.3) is 0 Å². The standard InChI is InChI=1S/C12H21NO/c14-13-12-9-5-4-8-11(12)10-6-2-1-3-7-10/h10-11,14H,1-9H2/b13-12+. The summed E-state index contributed by atoms with van der Waals surface area (Å²) in [7, 11) is 0. The number of rotatable bonds is 1. The highest BCUT2D eigenvalue weighted by Crippen LogP contribution is 2.36. The Kier molecular flexibility index (Phi) is 3.44. The minimum atomic E-state index is 0.619. The van der Waals surface area contributed by atoms with Crippen LogP contribution in [0.15, 0.2) is 5.16 Å². The number of nitrogens with zero attached hydrogens (tertiary/aromatic N) is 1. The van der Waals surface area contributed by atoms with Crippen molar-refractivity contribution >= 4 is 5.71 Å². The lowest BCUT2D eigenvalue weighted by atomic mass is 9.72. The van der Waals surface area contributed by atoms with Crippen molar-refractivity contribution in [3.8, 4) is 0 Å². The third kappa shape index (κ3) is 2.10. The molecule has 14 heavy (non-hydrogen) atoms. The lowest BCUT2D eigenvalue weighted by molar-refractivity contribution is 0.256. The summed E-state index contributed by atoms with van der Waals surface area (Å²) in [5.74, 6) is 1.45. The summed E-state index contributed by atoms with van der Waals surface area (Å²) in [6.45, 7) is 0. The van der Waals surface area contributed by atoms with Crippen LogP contribution in [0.2, 0.25) is 0 Å². The van der Waals surface area contributed by atoms with E-state index < -0.39 is 0 Å². The zero-order chi connectivity index (χ0) is 9.80. The normalized spacial score (nSPS) is 33.4. The molecule has 0 spiro atoms. The van der Waals surface area contributed by atoms with Crippen molar-refractivity contribution in [1.82, 2.24) is 0 Å². The first kappa shape index (κ1) is 10.0. The minimum Gasteiger partial charge on any atom is -0.411 e. The molecule has 0 aromatic heterocycles. The maximum absolute atomic E-state index is 8.98. The van der Waals surface area contributed by atoms with E-state index in [2.05, 4.69) is 5.16 Å². The molecule has 1 unspecified atom stereocenters. The van der Waals surface area contributed by atoms with Gasteiger partial charge in [0.1, 0.15) is 0 Å². The first-order valence-corrected chi connectivity index (χ1v) is 6.12. The highest BCUT2D eigenvalue weighted by molar-refractivity contribution is 5.87. The Morgan fingerprint density at radius 1 is 0.929 bits per heavy atom. The second-order valence-corrected chi connectivity index (χ2v) is 4.84. The van der Waals surface area contributed by atoms with E-state index in [0.29, 0.717) is 5.92 Å². The van der Waals surface area contributed by atoms with Gasteiger partial charge in [0.2, 0.25) is 0 Å². The average molecular weight is 195 g/mol. The fraction of sp³-hybridized carbons (Fsp3) is 0.917. The first-order chi connectivity index (χ1) is 6.92. The van der Waals surface area contributed by atoms with Crippen LogP contribution in [0.1, 0.15) is 57.8 Å². The lowest BCUT2D eigenvalue weighted by Crippen LogP contribution is -2.28. The van der Waals surface area contributed by atoms with Crippen LogP contribution in [0.3, 0.4) is 0 Å². The van der Waals surface area contributed by atoms with Crippen molar-refractivity contribution in [2.75, 3.05) is 0 Å². The van der Waals surface area contributed by atoms with E-state index in [4.69, 9.17) is 5.21 Å². The number of hydrogen-bond donors (Lipinski definition) is 1. The quantitative estimate of drug-likeness (QED) is 0.503. The van der Waals surface area contributed by atoms with Crippen LogP contribution in [-0.4, -0.2) is 10.9 Å². The summed E-state index contributed by atoms with van der Waals surface area (Å²) in [5.41, 5.74) is 1.10. The van der Waals surface area contributed by atoms with Crippen molar-refractivity contribution < 1.29 is 5.21 Å². The molecule has 0 aromatic carbocycles. The maximum atomic E-state index is 8.98. The molecule has 2 saturated carbocycles. The van der Waals surface area contributed by atoms with E-state index in [1.807, 2.05) is 0 Å². The molecule has 0 bridgehead atoms. The lowest BCUT2D eigenvalue weighted by Gasteiger charge is -2.33. The molecule has 0 aliphatic heterocycles. The molecule has 0 aromatic rings. The highest BCUT2D eigenvalue weighted by atomic mass is 16.4. The fourth-order valence-corrected chi connectivity index (χ4v) is 3.19. The Hall–Kier alpha value is -0.530. The van der Waals surface area contributed by atoms with Gasteiger partial charge in [-0.15, -0.1) is 0 Å². The third-order valence-electron chi connectivity index (χ3n) is 3.97. The SMILES string of the molecule is O/N=C1\CCCCC1C1CCCCC1. The molecule has 2 nitrogen and oxygen atoms in total. The van der Waals surface area contributed by atoms with Gasteiger partial charge in [0.15, 0.2) is 0 Å². The summed E-state index contributed by atoms with van der Waals surface area (Å²) in [6.07, 6.45) is 11.8. The van der Waals surface area contributed by atoms with Gasteiger partial charge in [0.05, 0.1) is 5.71 Å². The zero-order valence-electron chi connectivity index (χ0n) is 8.91. The van der Waals surface area contributed by atoms with E-state index in [1.165, 1.54) is 51.4 Å². The summed E-state index contributed by atoms with van der Waals surface area (Å²) in [6, 6.07) is 0. The fourth-order valence-electron chi connectivity index (χ4n) is 3.19. The molecular weight excluding hydrogens is 174 g/mol. The monoisotopic (exact) mass is 195 g/mol. The first-order valence-electron chi connectivity index (χ1n) is 6.12. The summed E-state index contributed by atoms with van der Waals surface area (Å²) in [4.78, 5) is 0. The van der Waals surface area contributed by atoms with Crippen molar-refractivity contribution in [1.29, 1.82) is 0 Å². The third-order valence-corrected chi connectivity index (χ3v) is 3.97. The van der Waals surface area contributed by atoms with Crippen LogP contribution in [0.5, 0.6) is 0 Å². The van der Waals surface area contributed by atoms with E-state index >= 15 is 0 Å². The van der Waals surface area contributed by atoms with Crippen molar-refractivity contribution in [2.45, 2.75) is 57.8 Å². The molecule has 0 saturated heterocycles. The molecule has 2 aliphatic rings. The molecule has 2 heteroatoms. The van der Waals surface area contributed by atoms with Gasteiger partial charge in [-0.2, -0.15) is 0 Å². The molecule has 1 N–H and O–H groups in total. The van der Waals surface area contributed by atoms with Crippen molar-refractivity contribution in [2.24, 2.45) is 17.0 Å². The van der Waals surface area contributed by atoms with E-state index in [1.54, 1.807) is 0 Å². The summed E-state index contributed by atoms with van der Waals surface area (Å²) < 4.78 is 0. The van der Waals surface area contributed by atoms with Gasteiger partial charge in [-0.25, -0.2) is 0 Å². The predicted molar refractivity (Wildman–Crippen MR) is 57.8 cm³/mol. The zero-order valence-corrected chi connectivity index (χ0v) is 8.91. The van der Waals surface area contributed by atoms with Crippen LogP contribution < -0.4 is 0 Å². The molecule has 0 radical (unpaired) electrons. The Labute approximate surface area is 86.4 Å². The van der Waals surface area contributed by atoms with Crippen molar-refractivity contribution in [3.63, 3.8) is 0 Å². The predicted octanol–water partition coefficient (Wildman–Crippen LogP) is 3.59. The second kappa shape index (κ2) is 4.81. The van der Waals surface area contributed by atoms with Crippen LogP contribution in [-0.2, 0) is 0 Å². The Morgan fingerprint density at radius 3 is 2.36 bits per heavy atom. The smallest absolute Gasteiger partial charge is 0.0604 e. The Bertz CT molecular complexity index is 206. The molecular formula is C12H21NO. The minimum absolute atomic E-state index is 0.619. The topological polar surface area (TPSA) is 32.6 Å². The van der Waals surface area contributed by atoms with E-state index in [9.17, 15) is 0 Å². The molecule has 1 atom stereocenters. The van der Waals surface area contributed by atoms with Gasteiger partial charge in [-0.1, -0.05) is 30.8 Å². The molecule has 2 aliphatic carbocycles. The van der Waals surface area contributed by atoms with Crippen LogP contribution >= 0.6 is 0 Å². The summed E-state index contributed by atoms with van der Waals surface area (Å²) >= 11 is 0. The molecule has 0 heterocycles. The van der Waals surface area contributed by atoms with E-state index in [0.717, 1.165) is 18.1 Å². The molecule has 2 rings (SSSR count). The van der Waals surface area contributed by atoms with Gasteiger partial charge >= 0.3 is 0 Å². The van der Waals surface area contributed by atoms with Gasteiger partial charge in [-0.05, 0) is 38.0 Å². The van der Waals surface area contributed by atoms with Gasteiger partial charge < -0.3 is 5.21 Å². The second-order valence-electron chi connectivity index (χ2n) is 4.84. The van der Waals surface area contributed by atoms with E-state index in [-0.39, 0.29) is 0 Å². The Balaban J connectivity index is 1.98. The summed E-state index contributed by atoms with van der Waals surface area (Å²) in [5, 5.41) is 12.5. The van der Waals surface area contributed by atoms with Crippen LogP contribution in [0, 0.1) is 11.8 Å². The maximum Gasteiger partial charge on any atom is 0.0604 e. The molecule has 80 valence electrons. The largest absolute Gasteiger partial charge is 0.411 e. The Morgan fingerprint density at radius 2 is 1.64 bits per heavy atom. The van der Waals surface area contributed by atoms with Crippen LogP contribution in [0.4, 0.5) is 0 Å². The van der Waals surface area contributed by atoms with Gasteiger partial charge in [-0.3, -0.25) is 0 Å². The number of hydrogen-bond acceptors (Lipinski definition) is 2. The molecule has 2 fully saturated rings.